The van der Waals surface area contributed by atoms with Crippen molar-refractivity contribution in [3.63, 3.8) is 0 Å². The normalized spacial score (nSPS) is 20.1. The van der Waals surface area contributed by atoms with Gasteiger partial charge in [-0.25, -0.2) is 0 Å². The second kappa shape index (κ2) is 5.53. The maximum Gasteiger partial charge on any atom is 0.0211 e. The van der Waals surface area contributed by atoms with Gasteiger partial charge in [-0.05, 0) is 33.6 Å². The number of nitrogens with one attached hydrogen (secondary N) is 1. The van der Waals surface area contributed by atoms with Crippen LogP contribution < -0.4 is 5.32 Å². The van der Waals surface area contributed by atoms with E-state index in [-0.39, 0.29) is 0 Å². The summed E-state index contributed by atoms with van der Waals surface area (Å²) in [4.78, 5) is 2.56. The first kappa shape index (κ1) is 12.5. The van der Waals surface area contributed by atoms with Crippen molar-refractivity contribution in [1.82, 2.24) is 10.2 Å². The van der Waals surface area contributed by atoms with E-state index >= 15 is 0 Å². The van der Waals surface area contributed by atoms with E-state index in [0.29, 0.717) is 11.6 Å². The number of likely N-dealkylation sites (tertiary alicyclic amines) is 1. The molecule has 0 aliphatic carbocycles. The van der Waals surface area contributed by atoms with Gasteiger partial charge in [-0.2, -0.15) is 0 Å². The van der Waals surface area contributed by atoms with Crippen LogP contribution in [0.15, 0.2) is 0 Å². The first-order valence-electron chi connectivity index (χ1n) is 5.96. The largest absolute Gasteiger partial charge is 0.313 e. The fourth-order valence-electron chi connectivity index (χ4n) is 2.10. The minimum atomic E-state index is 0.323. The Hall–Kier alpha value is -0.520. The van der Waals surface area contributed by atoms with Gasteiger partial charge in [0.2, 0.25) is 0 Å². The Morgan fingerprint density at radius 2 is 1.93 bits per heavy atom. The van der Waals surface area contributed by atoms with Gasteiger partial charge in [-0.1, -0.05) is 0 Å². The van der Waals surface area contributed by atoms with E-state index in [1.807, 2.05) is 0 Å². The second-order valence-electron chi connectivity index (χ2n) is 5.34. The van der Waals surface area contributed by atoms with Crippen molar-refractivity contribution in [2.24, 2.45) is 0 Å². The zero-order valence-corrected chi connectivity index (χ0v) is 10.3. The van der Waals surface area contributed by atoms with Crippen molar-refractivity contribution < 1.29 is 0 Å². The standard InChI is InChI=1S/C13H24N2/c1-5-6-9-14-12-7-10-15(11-8-12)13(2,3)4/h1,12,14H,6-11H2,2-4H3. The third-order valence-corrected chi connectivity index (χ3v) is 3.15. The first-order chi connectivity index (χ1) is 7.04. The Bertz CT molecular complexity index is 214. The van der Waals surface area contributed by atoms with Gasteiger partial charge in [-0.15, -0.1) is 12.3 Å². The van der Waals surface area contributed by atoms with Crippen molar-refractivity contribution in [1.29, 1.82) is 0 Å². The van der Waals surface area contributed by atoms with E-state index < -0.39 is 0 Å². The predicted molar refractivity (Wildman–Crippen MR) is 65.8 cm³/mol. The van der Waals surface area contributed by atoms with Crippen LogP contribution in [0.25, 0.3) is 0 Å². The molecule has 2 heteroatoms. The Morgan fingerprint density at radius 3 is 2.40 bits per heavy atom. The number of terminal acetylenes is 1. The fourth-order valence-corrected chi connectivity index (χ4v) is 2.10. The molecule has 0 aromatic rings. The average molecular weight is 208 g/mol. The summed E-state index contributed by atoms with van der Waals surface area (Å²) in [6.07, 6.45) is 8.58. The summed E-state index contributed by atoms with van der Waals surface area (Å²) >= 11 is 0. The van der Waals surface area contributed by atoms with E-state index in [1.54, 1.807) is 0 Å². The summed E-state index contributed by atoms with van der Waals surface area (Å²) in [5.74, 6) is 2.67. The molecular weight excluding hydrogens is 184 g/mol. The van der Waals surface area contributed by atoms with Crippen molar-refractivity contribution in [3.8, 4) is 12.3 Å². The van der Waals surface area contributed by atoms with E-state index in [0.717, 1.165) is 13.0 Å². The average Bonchev–Trinajstić information content (AvgIpc) is 2.18. The summed E-state index contributed by atoms with van der Waals surface area (Å²) < 4.78 is 0. The van der Waals surface area contributed by atoms with Gasteiger partial charge in [0.05, 0.1) is 0 Å². The van der Waals surface area contributed by atoms with Crippen molar-refractivity contribution >= 4 is 0 Å². The lowest BCUT2D eigenvalue weighted by Gasteiger charge is -2.41. The van der Waals surface area contributed by atoms with Crippen LogP contribution >= 0.6 is 0 Å². The van der Waals surface area contributed by atoms with Crippen molar-refractivity contribution in [3.05, 3.63) is 0 Å². The summed E-state index contributed by atoms with van der Waals surface area (Å²) in [5, 5.41) is 3.53. The van der Waals surface area contributed by atoms with Crippen LogP contribution in [0.3, 0.4) is 0 Å². The number of hydrogen-bond acceptors (Lipinski definition) is 2. The van der Waals surface area contributed by atoms with Crippen LogP contribution in [0, 0.1) is 12.3 Å². The molecule has 0 atom stereocenters. The van der Waals surface area contributed by atoms with Crippen molar-refractivity contribution in [2.75, 3.05) is 19.6 Å². The van der Waals surface area contributed by atoms with Gasteiger partial charge in [-0.3, -0.25) is 4.90 Å². The molecule has 0 saturated carbocycles. The molecule has 0 spiro atoms. The summed E-state index contributed by atoms with van der Waals surface area (Å²) in [7, 11) is 0. The van der Waals surface area contributed by atoms with Gasteiger partial charge < -0.3 is 5.32 Å². The molecule has 15 heavy (non-hydrogen) atoms. The number of rotatable bonds is 3. The predicted octanol–water partition coefficient (Wildman–Crippen LogP) is 1.86. The highest BCUT2D eigenvalue weighted by atomic mass is 15.2. The van der Waals surface area contributed by atoms with E-state index in [9.17, 15) is 0 Å². The van der Waals surface area contributed by atoms with Crippen LogP contribution in [0.1, 0.15) is 40.0 Å². The van der Waals surface area contributed by atoms with E-state index in [4.69, 9.17) is 6.42 Å². The molecule has 0 aromatic carbocycles. The molecule has 1 heterocycles. The molecule has 0 radical (unpaired) electrons. The molecule has 2 nitrogen and oxygen atoms in total. The molecule has 1 aliphatic heterocycles. The summed E-state index contributed by atoms with van der Waals surface area (Å²) in [6, 6.07) is 0.678. The molecule has 1 aliphatic rings. The smallest absolute Gasteiger partial charge is 0.0211 e. The lowest BCUT2D eigenvalue weighted by atomic mass is 9.98. The van der Waals surface area contributed by atoms with Crippen LogP contribution in [0.2, 0.25) is 0 Å². The molecular formula is C13H24N2. The zero-order chi connectivity index (χ0) is 11.3. The fraction of sp³-hybridized carbons (Fsp3) is 0.846. The van der Waals surface area contributed by atoms with Gasteiger partial charge in [0.1, 0.15) is 0 Å². The minimum Gasteiger partial charge on any atom is -0.313 e. The quantitative estimate of drug-likeness (QED) is 0.562. The first-order valence-corrected chi connectivity index (χ1v) is 5.96. The van der Waals surface area contributed by atoms with Crippen LogP contribution in [-0.2, 0) is 0 Å². The lowest BCUT2D eigenvalue weighted by molar-refractivity contribution is 0.0966. The highest BCUT2D eigenvalue weighted by Crippen LogP contribution is 2.19. The van der Waals surface area contributed by atoms with Gasteiger partial charge in [0.15, 0.2) is 0 Å². The Morgan fingerprint density at radius 1 is 1.33 bits per heavy atom. The number of piperidine rings is 1. The number of nitrogens with zero attached hydrogens (tertiary/aromatic N) is 1. The summed E-state index contributed by atoms with van der Waals surface area (Å²) in [5.41, 5.74) is 0.323. The maximum absolute atomic E-state index is 5.23. The Labute approximate surface area is 94.4 Å². The lowest BCUT2D eigenvalue weighted by Crippen LogP contribution is -2.50. The Balaban J connectivity index is 2.22. The second-order valence-corrected chi connectivity index (χ2v) is 5.34. The van der Waals surface area contributed by atoms with Crippen LogP contribution in [0.4, 0.5) is 0 Å². The van der Waals surface area contributed by atoms with E-state index in [1.165, 1.54) is 25.9 Å². The zero-order valence-electron chi connectivity index (χ0n) is 10.3. The molecule has 1 fully saturated rings. The molecule has 0 bridgehead atoms. The molecule has 86 valence electrons. The van der Waals surface area contributed by atoms with Gasteiger partial charge in [0.25, 0.3) is 0 Å². The monoisotopic (exact) mass is 208 g/mol. The molecule has 0 unspecified atom stereocenters. The maximum atomic E-state index is 5.23. The van der Waals surface area contributed by atoms with Gasteiger partial charge in [0, 0.05) is 37.6 Å². The Kier molecular flexibility index (Phi) is 4.63. The van der Waals surface area contributed by atoms with Crippen molar-refractivity contribution in [2.45, 2.75) is 51.6 Å². The third-order valence-electron chi connectivity index (χ3n) is 3.15. The van der Waals surface area contributed by atoms with E-state index in [2.05, 4.69) is 36.9 Å². The molecule has 0 aromatic heterocycles. The molecule has 1 rings (SSSR count). The van der Waals surface area contributed by atoms with Crippen LogP contribution in [-0.4, -0.2) is 36.1 Å². The van der Waals surface area contributed by atoms with Gasteiger partial charge >= 0.3 is 0 Å². The summed E-state index contributed by atoms with van der Waals surface area (Å²) in [6.45, 7) is 10.3. The minimum absolute atomic E-state index is 0.323. The highest BCUT2D eigenvalue weighted by molar-refractivity contribution is 4.87. The molecule has 1 saturated heterocycles. The topological polar surface area (TPSA) is 15.3 Å². The highest BCUT2D eigenvalue weighted by Gasteiger charge is 2.26. The third kappa shape index (κ3) is 4.24. The molecule has 0 amide bonds. The molecule has 1 N–H and O–H groups in total. The van der Waals surface area contributed by atoms with Crippen LogP contribution in [0.5, 0.6) is 0 Å². The SMILES string of the molecule is C#CCCNC1CCN(C(C)(C)C)CC1. The number of hydrogen-bond donors (Lipinski definition) is 1.